The lowest BCUT2D eigenvalue weighted by Crippen LogP contribution is -2.24. The Bertz CT molecular complexity index is 465. The Hall–Kier alpha value is -2.01. The van der Waals surface area contributed by atoms with E-state index in [1.807, 2.05) is 0 Å². The first kappa shape index (κ1) is 15.0. The summed E-state index contributed by atoms with van der Waals surface area (Å²) in [5.74, 6) is -0.182. The number of ether oxygens (including phenoxy) is 2. The van der Waals surface area contributed by atoms with Crippen molar-refractivity contribution in [1.82, 2.24) is 0 Å². The number of aliphatic hydroxyl groups is 1. The minimum Gasteiger partial charge on any atom is -0.504 e. The lowest BCUT2D eigenvalue weighted by molar-refractivity contribution is -0.146. The van der Waals surface area contributed by atoms with Crippen LogP contribution in [0.2, 0.25) is 0 Å². The zero-order valence-electron chi connectivity index (χ0n) is 11.2. The molecule has 19 heavy (non-hydrogen) atoms. The van der Waals surface area contributed by atoms with Crippen molar-refractivity contribution in [2.24, 2.45) is 0 Å². The van der Waals surface area contributed by atoms with Crippen LogP contribution in [0.25, 0.3) is 6.08 Å². The van der Waals surface area contributed by atoms with Gasteiger partial charge in [0, 0.05) is 6.08 Å². The van der Waals surface area contributed by atoms with Crippen LogP contribution >= 0.6 is 0 Å². The smallest absolute Gasteiger partial charge is 0.331 e. The summed E-state index contributed by atoms with van der Waals surface area (Å²) < 4.78 is 9.91. The molecule has 2 unspecified atom stereocenters. The first-order chi connectivity index (χ1) is 8.93. The fourth-order valence-corrected chi connectivity index (χ4v) is 1.28. The van der Waals surface area contributed by atoms with Gasteiger partial charge in [0.2, 0.25) is 0 Å². The highest BCUT2D eigenvalue weighted by Crippen LogP contribution is 2.26. The fraction of sp³-hybridized carbons (Fsp3) is 0.357. The third-order valence-electron chi connectivity index (χ3n) is 2.60. The van der Waals surface area contributed by atoms with E-state index in [1.165, 1.54) is 19.3 Å². The molecule has 0 saturated heterocycles. The van der Waals surface area contributed by atoms with Crippen LogP contribution in [0, 0.1) is 0 Å². The normalized spacial score (nSPS) is 14.1. The lowest BCUT2D eigenvalue weighted by atomic mass is 10.2. The molecule has 0 aliphatic heterocycles. The van der Waals surface area contributed by atoms with E-state index in [0.29, 0.717) is 11.3 Å². The van der Waals surface area contributed by atoms with Crippen molar-refractivity contribution < 1.29 is 24.5 Å². The average molecular weight is 266 g/mol. The SMILES string of the molecule is COc1cc(C=CC(=O)OC(C)C(C)O)ccc1O. The van der Waals surface area contributed by atoms with Gasteiger partial charge in [0.15, 0.2) is 11.5 Å². The highest BCUT2D eigenvalue weighted by molar-refractivity contribution is 5.87. The maximum absolute atomic E-state index is 11.5. The van der Waals surface area contributed by atoms with Gasteiger partial charge in [-0.05, 0) is 37.6 Å². The van der Waals surface area contributed by atoms with Crippen LogP contribution in [0.15, 0.2) is 24.3 Å². The van der Waals surface area contributed by atoms with Crippen LogP contribution in [0.3, 0.4) is 0 Å². The molecule has 0 fully saturated rings. The monoisotopic (exact) mass is 266 g/mol. The molecule has 0 aliphatic carbocycles. The minimum absolute atomic E-state index is 0.0324. The highest BCUT2D eigenvalue weighted by atomic mass is 16.6. The number of phenolic OH excluding ortho intramolecular Hbond substituents is 1. The van der Waals surface area contributed by atoms with Crippen molar-refractivity contribution in [2.45, 2.75) is 26.1 Å². The Morgan fingerprint density at radius 3 is 2.63 bits per heavy atom. The second kappa shape index (κ2) is 6.80. The Morgan fingerprint density at radius 1 is 1.37 bits per heavy atom. The van der Waals surface area contributed by atoms with Gasteiger partial charge in [-0.1, -0.05) is 6.07 Å². The van der Waals surface area contributed by atoms with Crippen molar-refractivity contribution in [3.63, 3.8) is 0 Å². The number of benzene rings is 1. The number of aliphatic hydroxyl groups excluding tert-OH is 1. The van der Waals surface area contributed by atoms with Crippen molar-refractivity contribution >= 4 is 12.0 Å². The third-order valence-corrected chi connectivity index (χ3v) is 2.60. The Balaban J connectivity index is 2.68. The van der Waals surface area contributed by atoms with E-state index >= 15 is 0 Å². The van der Waals surface area contributed by atoms with Crippen molar-refractivity contribution in [1.29, 1.82) is 0 Å². The highest BCUT2D eigenvalue weighted by Gasteiger charge is 2.12. The van der Waals surface area contributed by atoms with Crippen molar-refractivity contribution in [3.05, 3.63) is 29.8 Å². The van der Waals surface area contributed by atoms with Crippen LogP contribution < -0.4 is 4.74 Å². The number of phenols is 1. The number of carbonyl (C=O) groups excluding carboxylic acids is 1. The van der Waals surface area contributed by atoms with Gasteiger partial charge in [-0.15, -0.1) is 0 Å². The summed E-state index contributed by atoms with van der Waals surface area (Å²) in [5.41, 5.74) is 0.691. The topological polar surface area (TPSA) is 76.0 Å². The van der Waals surface area contributed by atoms with Crippen LogP contribution in [0.5, 0.6) is 11.5 Å². The first-order valence-corrected chi connectivity index (χ1v) is 5.87. The predicted molar refractivity (Wildman–Crippen MR) is 70.9 cm³/mol. The number of hydrogen-bond acceptors (Lipinski definition) is 5. The Morgan fingerprint density at radius 2 is 2.05 bits per heavy atom. The molecule has 5 heteroatoms. The summed E-state index contributed by atoms with van der Waals surface area (Å²) in [5, 5.41) is 18.6. The van der Waals surface area contributed by atoms with Gasteiger partial charge in [-0.2, -0.15) is 0 Å². The molecular weight excluding hydrogens is 248 g/mol. The lowest BCUT2D eigenvalue weighted by Gasteiger charge is -2.14. The van der Waals surface area contributed by atoms with Gasteiger partial charge in [-0.25, -0.2) is 4.79 Å². The molecule has 0 aliphatic rings. The van der Waals surface area contributed by atoms with Gasteiger partial charge >= 0.3 is 5.97 Å². The van der Waals surface area contributed by atoms with E-state index in [1.54, 1.807) is 32.1 Å². The zero-order valence-corrected chi connectivity index (χ0v) is 11.2. The van der Waals surface area contributed by atoms with Crippen LogP contribution in [-0.2, 0) is 9.53 Å². The van der Waals surface area contributed by atoms with E-state index in [0.717, 1.165) is 0 Å². The van der Waals surface area contributed by atoms with Gasteiger partial charge < -0.3 is 19.7 Å². The molecule has 0 aromatic heterocycles. The molecule has 1 aromatic carbocycles. The molecule has 0 saturated carbocycles. The zero-order chi connectivity index (χ0) is 14.4. The summed E-state index contributed by atoms with van der Waals surface area (Å²) in [6.07, 6.45) is 1.52. The second-order valence-electron chi connectivity index (χ2n) is 4.15. The number of methoxy groups -OCH3 is 1. The summed E-state index contributed by atoms with van der Waals surface area (Å²) in [4.78, 5) is 11.5. The van der Waals surface area contributed by atoms with Crippen LogP contribution in [0.1, 0.15) is 19.4 Å². The average Bonchev–Trinajstić information content (AvgIpc) is 2.37. The van der Waals surface area contributed by atoms with Gasteiger partial charge in [-0.3, -0.25) is 0 Å². The van der Waals surface area contributed by atoms with E-state index in [9.17, 15) is 15.0 Å². The molecule has 2 N–H and O–H groups in total. The number of rotatable bonds is 5. The molecule has 0 amide bonds. The number of hydrogen-bond donors (Lipinski definition) is 2. The minimum atomic E-state index is -0.717. The fourth-order valence-electron chi connectivity index (χ4n) is 1.28. The van der Waals surface area contributed by atoms with Crippen molar-refractivity contribution in [3.8, 4) is 11.5 Å². The molecule has 0 bridgehead atoms. The first-order valence-electron chi connectivity index (χ1n) is 5.87. The maximum atomic E-state index is 11.5. The van der Waals surface area contributed by atoms with Gasteiger partial charge in [0.25, 0.3) is 0 Å². The summed E-state index contributed by atoms with van der Waals surface area (Å²) in [7, 11) is 1.45. The van der Waals surface area contributed by atoms with E-state index in [-0.39, 0.29) is 5.75 Å². The molecule has 1 rings (SSSR count). The van der Waals surface area contributed by atoms with Crippen molar-refractivity contribution in [2.75, 3.05) is 7.11 Å². The Labute approximate surface area is 112 Å². The van der Waals surface area contributed by atoms with Crippen LogP contribution in [-0.4, -0.2) is 35.5 Å². The third kappa shape index (κ3) is 4.63. The summed E-state index contributed by atoms with van der Waals surface area (Å²) in [6.45, 7) is 3.16. The van der Waals surface area contributed by atoms with Gasteiger partial charge in [0.1, 0.15) is 6.10 Å². The molecule has 5 nitrogen and oxygen atoms in total. The standard InChI is InChI=1S/C14H18O5/c1-9(15)10(2)19-14(17)7-5-11-4-6-12(16)13(8-11)18-3/h4-10,15-16H,1-3H3. The summed E-state index contributed by atoms with van der Waals surface area (Å²) >= 11 is 0. The maximum Gasteiger partial charge on any atom is 0.331 e. The van der Waals surface area contributed by atoms with Crippen LogP contribution in [0.4, 0.5) is 0 Å². The van der Waals surface area contributed by atoms with E-state index < -0.39 is 18.2 Å². The summed E-state index contributed by atoms with van der Waals surface area (Å²) in [6, 6.07) is 4.71. The molecule has 2 atom stereocenters. The molecule has 0 radical (unpaired) electrons. The van der Waals surface area contributed by atoms with Gasteiger partial charge in [0.05, 0.1) is 13.2 Å². The number of esters is 1. The predicted octanol–water partition coefficient (Wildman–Crippen LogP) is 1.73. The molecule has 0 heterocycles. The molecule has 1 aromatic rings. The number of aromatic hydroxyl groups is 1. The van der Waals surface area contributed by atoms with E-state index in [4.69, 9.17) is 9.47 Å². The largest absolute Gasteiger partial charge is 0.504 e. The second-order valence-corrected chi connectivity index (χ2v) is 4.15. The Kier molecular flexibility index (Phi) is 5.38. The number of carbonyl (C=O) groups is 1. The quantitative estimate of drug-likeness (QED) is 0.627. The van der Waals surface area contributed by atoms with E-state index in [2.05, 4.69) is 0 Å². The molecule has 104 valence electrons. The molecular formula is C14H18O5. The molecule has 0 spiro atoms.